The highest BCUT2D eigenvalue weighted by Crippen LogP contribution is 2.47. The van der Waals surface area contributed by atoms with E-state index in [0.717, 1.165) is 30.7 Å². The van der Waals surface area contributed by atoms with E-state index >= 15 is 0 Å². The van der Waals surface area contributed by atoms with Crippen LogP contribution < -0.4 is 4.74 Å². The molecule has 5 heteroatoms. The summed E-state index contributed by atoms with van der Waals surface area (Å²) in [5, 5.41) is 9.36. The van der Waals surface area contributed by atoms with Gasteiger partial charge in [-0.3, -0.25) is 9.88 Å². The Balaban J connectivity index is 1.85. The summed E-state index contributed by atoms with van der Waals surface area (Å²) in [6.45, 7) is 3.89. The zero-order valence-corrected chi connectivity index (χ0v) is 11.2. The van der Waals surface area contributed by atoms with Crippen LogP contribution in [0.1, 0.15) is 31.9 Å². The van der Waals surface area contributed by atoms with E-state index in [1.807, 2.05) is 26.0 Å². The molecule has 2 aliphatic heterocycles. The molecule has 0 aliphatic carbocycles. The van der Waals surface area contributed by atoms with E-state index in [4.69, 9.17) is 4.74 Å². The molecule has 5 nitrogen and oxygen atoms in total. The standard InChI is InChI=1S/C14H18N2O3/c1-9-11(4-3-7-15-9)19-12-8-10-5-6-14(12,2)16(10)13(17)18/h3-4,7,10,12H,5-6,8H2,1-2H3,(H,17,18). The van der Waals surface area contributed by atoms with Crippen LogP contribution in [0.2, 0.25) is 0 Å². The normalized spacial score (nSPS) is 32.6. The van der Waals surface area contributed by atoms with Gasteiger partial charge in [0.05, 0.1) is 11.2 Å². The van der Waals surface area contributed by atoms with Gasteiger partial charge in [-0.2, -0.15) is 0 Å². The van der Waals surface area contributed by atoms with Gasteiger partial charge in [-0.15, -0.1) is 0 Å². The van der Waals surface area contributed by atoms with Crippen molar-refractivity contribution in [2.75, 3.05) is 0 Å². The van der Waals surface area contributed by atoms with Crippen molar-refractivity contribution in [2.24, 2.45) is 0 Å². The highest BCUT2D eigenvalue weighted by molar-refractivity contribution is 5.68. The van der Waals surface area contributed by atoms with Crippen LogP contribution in [0.3, 0.4) is 0 Å². The van der Waals surface area contributed by atoms with Crippen LogP contribution in [0.4, 0.5) is 4.79 Å². The molecular formula is C14H18N2O3. The topological polar surface area (TPSA) is 62.7 Å². The second kappa shape index (κ2) is 4.11. The maximum atomic E-state index is 11.4. The third-order valence-corrected chi connectivity index (χ3v) is 4.51. The summed E-state index contributed by atoms with van der Waals surface area (Å²) in [6.07, 6.45) is 3.40. The van der Waals surface area contributed by atoms with Crippen LogP contribution in [0.25, 0.3) is 0 Å². The van der Waals surface area contributed by atoms with E-state index < -0.39 is 11.6 Å². The fourth-order valence-corrected chi connectivity index (χ4v) is 3.46. The molecule has 1 aromatic rings. The number of aromatic nitrogens is 1. The lowest BCUT2D eigenvalue weighted by Gasteiger charge is -2.34. The highest BCUT2D eigenvalue weighted by atomic mass is 16.5. The summed E-state index contributed by atoms with van der Waals surface area (Å²) in [4.78, 5) is 17.2. The van der Waals surface area contributed by atoms with Crippen molar-refractivity contribution < 1.29 is 14.6 Å². The van der Waals surface area contributed by atoms with E-state index in [2.05, 4.69) is 4.98 Å². The third-order valence-electron chi connectivity index (χ3n) is 4.51. The van der Waals surface area contributed by atoms with E-state index in [9.17, 15) is 9.90 Å². The molecule has 2 fully saturated rings. The van der Waals surface area contributed by atoms with Gasteiger partial charge in [-0.25, -0.2) is 4.79 Å². The number of pyridine rings is 1. The zero-order chi connectivity index (χ0) is 13.6. The first-order chi connectivity index (χ1) is 9.02. The lowest BCUT2D eigenvalue weighted by atomic mass is 9.86. The Hall–Kier alpha value is -1.78. The molecule has 0 spiro atoms. The van der Waals surface area contributed by atoms with Crippen molar-refractivity contribution >= 4 is 6.09 Å². The van der Waals surface area contributed by atoms with Gasteiger partial charge in [-0.1, -0.05) is 0 Å². The van der Waals surface area contributed by atoms with Crippen LogP contribution >= 0.6 is 0 Å². The molecule has 3 rings (SSSR count). The van der Waals surface area contributed by atoms with Crippen molar-refractivity contribution in [3.05, 3.63) is 24.0 Å². The fraction of sp³-hybridized carbons (Fsp3) is 0.571. The van der Waals surface area contributed by atoms with Gasteiger partial charge >= 0.3 is 6.09 Å². The molecule has 2 saturated heterocycles. The number of hydrogen-bond donors (Lipinski definition) is 1. The molecule has 3 heterocycles. The Morgan fingerprint density at radius 3 is 3.05 bits per heavy atom. The molecule has 2 aliphatic rings. The number of carboxylic acid groups (broad SMARTS) is 1. The number of amides is 1. The average molecular weight is 262 g/mol. The van der Waals surface area contributed by atoms with Crippen LogP contribution in [0, 0.1) is 6.92 Å². The SMILES string of the molecule is Cc1ncccc1OC1CC2CCC1(C)N2C(=O)O. The van der Waals surface area contributed by atoms with Crippen LogP contribution in [0.15, 0.2) is 18.3 Å². The Bertz CT molecular complexity index is 519. The molecule has 102 valence electrons. The predicted octanol–water partition coefficient (Wildman–Crippen LogP) is 2.44. The van der Waals surface area contributed by atoms with E-state index in [1.165, 1.54) is 0 Å². The Morgan fingerprint density at radius 2 is 2.42 bits per heavy atom. The van der Waals surface area contributed by atoms with Gasteiger partial charge in [0.1, 0.15) is 11.9 Å². The monoisotopic (exact) mass is 262 g/mol. The Labute approximate surface area is 112 Å². The molecule has 2 bridgehead atoms. The summed E-state index contributed by atoms with van der Waals surface area (Å²) in [5.74, 6) is 0.756. The van der Waals surface area contributed by atoms with Crippen molar-refractivity contribution in [1.29, 1.82) is 0 Å². The molecule has 3 atom stereocenters. The minimum absolute atomic E-state index is 0.0785. The second-order valence-electron chi connectivity index (χ2n) is 5.63. The van der Waals surface area contributed by atoms with E-state index in [-0.39, 0.29) is 12.1 Å². The van der Waals surface area contributed by atoms with Crippen molar-refractivity contribution in [1.82, 2.24) is 9.88 Å². The summed E-state index contributed by atoms with van der Waals surface area (Å²) in [7, 11) is 0. The van der Waals surface area contributed by atoms with Crippen LogP contribution in [-0.4, -0.2) is 38.8 Å². The summed E-state index contributed by atoms with van der Waals surface area (Å²) < 4.78 is 6.06. The van der Waals surface area contributed by atoms with Gasteiger partial charge in [0.15, 0.2) is 0 Å². The highest BCUT2D eigenvalue weighted by Gasteiger charge is 2.58. The maximum Gasteiger partial charge on any atom is 0.408 e. The number of hydrogen-bond acceptors (Lipinski definition) is 3. The maximum absolute atomic E-state index is 11.4. The Kier molecular flexibility index (Phi) is 2.66. The summed E-state index contributed by atoms with van der Waals surface area (Å²) in [6, 6.07) is 3.83. The van der Waals surface area contributed by atoms with Crippen molar-refractivity contribution in [3.8, 4) is 5.75 Å². The van der Waals surface area contributed by atoms with Crippen molar-refractivity contribution in [3.63, 3.8) is 0 Å². The second-order valence-corrected chi connectivity index (χ2v) is 5.63. The van der Waals surface area contributed by atoms with Gasteiger partial charge in [0, 0.05) is 18.7 Å². The summed E-state index contributed by atoms with van der Waals surface area (Å²) >= 11 is 0. The smallest absolute Gasteiger partial charge is 0.408 e. The number of ether oxygens (including phenoxy) is 1. The van der Waals surface area contributed by atoms with Crippen LogP contribution in [-0.2, 0) is 0 Å². The first kappa shape index (κ1) is 12.3. The number of nitrogens with zero attached hydrogens (tertiary/aromatic N) is 2. The molecule has 1 amide bonds. The zero-order valence-electron chi connectivity index (χ0n) is 11.2. The molecule has 1 aromatic heterocycles. The minimum atomic E-state index is -0.834. The van der Waals surface area contributed by atoms with Crippen molar-refractivity contribution in [2.45, 2.75) is 50.8 Å². The molecule has 19 heavy (non-hydrogen) atoms. The Morgan fingerprint density at radius 1 is 1.63 bits per heavy atom. The quantitative estimate of drug-likeness (QED) is 0.889. The van der Waals surface area contributed by atoms with E-state index in [0.29, 0.717) is 0 Å². The molecule has 0 radical (unpaired) electrons. The predicted molar refractivity (Wildman–Crippen MR) is 69.3 cm³/mol. The molecule has 0 saturated carbocycles. The summed E-state index contributed by atoms with van der Waals surface area (Å²) in [5.41, 5.74) is 0.439. The lowest BCUT2D eigenvalue weighted by Crippen LogP contribution is -2.49. The molecular weight excluding hydrogens is 244 g/mol. The molecule has 1 N–H and O–H groups in total. The third kappa shape index (κ3) is 1.76. The number of aryl methyl sites for hydroxylation is 1. The minimum Gasteiger partial charge on any atom is -0.486 e. The number of fused-ring (bicyclic) bond motifs is 2. The van der Waals surface area contributed by atoms with Gasteiger partial charge in [0.2, 0.25) is 0 Å². The lowest BCUT2D eigenvalue weighted by molar-refractivity contribution is 0.0632. The number of rotatable bonds is 2. The first-order valence-electron chi connectivity index (χ1n) is 6.63. The average Bonchev–Trinajstić information content (AvgIpc) is 2.82. The molecule has 3 unspecified atom stereocenters. The van der Waals surface area contributed by atoms with E-state index in [1.54, 1.807) is 11.1 Å². The van der Waals surface area contributed by atoms with Crippen LogP contribution in [0.5, 0.6) is 5.75 Å². The van der Waals surface area contributed by atoms with Gasteiger partial charge in [0.25, 0.3) is 0 Å². The van der Waals surface area contributed by atoms with Gasteiger partial charge in [-0.05, 0) is 38.8 Å². The molecule has 0 aromatic carbocycles. The van der Waals surface area contributed by atoms with Gasteiger partial charge < -0.3 is 9.84 Å². The fourth-order valence-electron chi connectivity index (χ4n) is 3.46. The first-order valence-corrected chi connectivity index (χ1v) is 6.63. The number of carbonyl (C=O) groups is 1. The largest absolute Gasteiger partial charge is 0.486 e.